The van der Waals surface area contributed by atoms with Gasteiger partial charge in [-0.25, -0.2) is 8.78 Å². The molecule has 0 aliphatic heterocycles. The molecule has 5 heteroatoms. The van der Waals surface area contributed by atoms with Crippen molar-refractivity contribution in [3.8, 4) is 11.1 Å². The first-order valence-corrected chi connectivity index (χ1v) is 6.84. The Bertz CT molecular complexity index is 709. The molecule has 0 radical (unpaired) electrons. The van der Waals surface area contributed by atoms with Crippen LogP contribution in [0.25, 0.3) is 11.1 Å². The third-order valence-electron chi connectivity index (χ3n) is 3.62. The van der Waals surface area contributed by atoms with Crippen LogP contribution in [0, 0.1) is 25.5 Å². The third kappa shape index (κ3) is 3.14. The second-order valence-corrected chi connectivity index (χ2v) is 5.33. The molecule has 3 N–H and O–H groups in total. The van der Waals surface area contributed by atoms with E-state index in [4.69, 9.17) is 10.8 Å². The van der Waals surface area contributed by atoms with E-state index >= 15 is 0 Å². The van der Waals surface area contributed by atoms with Gasteiger partial charge in [0.1, 0.15) is 0 Å². The molecule has 2 rings (SSSR count). The molecule has 116 valence electrons. The van der Waals surface area contributed by atoms with Crippen LogP contribution >= 0.6 is 0 Å². The molecule has 3 nitrogen and oxygen atoms in total. The van der Waals surface area contributed by atoms with Crippen molar-refractivity contribution in [2.24, 2.45) is 5.73 Å². The van der Waals surface area contributed by atoms with Crippen molar-refractivity contribution in [2.45, 2.75) is 26.3 Å². The lowest BCUT2D eigenvalue weighted by Crippen LogP contribution is -2.17. The maximum atomic E-state index is 14.0. The number of halogens is 2. The lowest BCUT2D eigenvalue weighted by atomic mass is 9.92. The molecule has 0 heterocycles. The highest BCUT2D eigenvalue weighted by molar-refractivity contribution is 5.72. The maximum absolute atomic E-state index is 14.0. The van der Waals surface area contributed by atoms with Crippen LogP contribution in [0.15, 0.2) is 30.3 Å². The van der Waals surface area contributed by atoms with Crippen molar-refractivity contribution >= 4 is 5.97 Å². The molecule has 1 unspecified atom stereocenters. The fraction of sp³-hybridized carbons (Fsp3) is 0.235. The SMILES string of the molecule is Cc1cccc(C)c1-c1cc(F)c(F)c(C(N)CC(=O)O)c1. The van der Waals surface area contributed by atoms with Gasteiger partial charge in [-0.2, -0.15) is 0 Å². The Morgan fingerprint density at radius 3 is 2.36 bits per heavy atom. The largest absolute Gasteiger partial charge is 0.481 e. The summed E-state index contributed by atoms with van der Waals surface area (Å²) in [4.78, 5) is 10.7. The molecule has 0 spiro atoms. The zero-order chi connectivity index (χ0) is 16.4. The van der Waals surface area contributed by atoms with Gasteiger partial charge in [0.2, 0.25) is 0 Å². The van der Waals surface area contributed by atoms with Crippen molar-refractivity contribution in [1.29, 1.82) is 0 Å². The molecule has 22 heavy (non-hydrogen) atoms. The third-order valence-corrected chi connectivity index (χ3v) is 3.62. The number of benzene rings is 2. The Balaban J connectivity index is 2.60. The van der Waals surface area contributed by atoms with Gasteiger partial charge >= 0.3 is 5.97 Å². The van der Waals surface area contributed by atoms with E-state index in [1.807, 2.05) is 32.0 Å². The van der Waals surface area contributed by atoms with E-state index in [2.05, 4.69) is 0 Å². The summed E-state index contributed by atoms with van der Waals surface area (Å²) < 4.78 is 27.9. The first kappa shape index (κ1) is 16.1. The number of hydrogen-bond acceptors (Lipinski definition) is 2. The van der Waals surface area contributed by atoms with Crippen LogP contribution in [0.2, 0.25) is 0 Å². The molecule has 2 aromatic carbocycles. The summed E-state index contributed by atoms with van der Waals surface area (Å²) in [7, 11) is 0. The first-order valence-electron chi connectivity index (χ1n) is 6.84. The summed E-state index contributed by atoms with van der Waals surface area (Å²) >= 11 is 0. The Hall–Kier alpha value is -2.27. The van der Waals surface area contributed by atoms with Gasteiger partial charge in [0.05, 0.1) is 6.42 Å². The highest BCUT2D eigenvalue weighted by Gasteiger charge is 2.20. The molecule has 0 saturated heterocycles. The van der Waals surface area contributed by atoms with Crippen LogP contribution in [0.4, 0.5) is 8.78 Å². The van der Waals surface area contributed by atoms with Crippen molar-refractivity contribution in [3.63, 3.8) is 0 Å². The van der Waals surface area contributed by atoms with Gasteiger partial charge in [0.15, 0.2) is 11.6 Å². The predicted molar refractivity (Wildman–Crippen MR) is 80.4 cm³/mol. The zero-order valence-electron chi connectivity index (χ0n) is 12.4. The summed E-state index contributed by atoms with van der Waals surface area (Å²) in [5, 5.41) is 8.78. The summed E-state index contributed by atoms with van der Waals surface area (Å²) in [5.41, 5.74) is 8.70. The van der Waals surface area contributed by atoms with E-state index in [0.717, 1.165) is 22.8 Å². The smallest absolute Gasteiger partial charge is 0.305 e. The molecule has 0 aromatic heterocycles. The molecule has 0 fully saturated rings. The highest BCUT2D eigenvalue weighted by atomic mass is 19.2. The van der Waals surface area contributed by atoms with Crippen LogP contribution in [0.5, 0.6) is 0 Å². The minimum atomic E-state index is -1.16. The molecular weight excluding hydrogens is 288 g/mol. The van der Waals surface area contributed by atoms with Crippen molar-refractivity contribution in [1.82, 2.24) is 0 Å². The topological polar surface area (TPSA) is 63.3 Å². The zero-order valence-corrected chi connectivity index (χ0v) is 12.4. The molecule has 0 saturated carbocycles. The Kier molecular flexibility index (Phi) is 4.56. The molecule has 1 atom stereocenters. The van der Waals surface area contributed by atoms with Crippen LogP contribution in [-0.2, 0) is 4.79 Å². The number of carboxylic acid groups (broad SMARTS) is 1. The molecular formula is C17H17F2NO2. The van der Waals surface area contributed by atoms with E-state index in [9.17, 15) is 13.6 Å². The highest BCUT2D eigenvalue weighted by Crippen LogP contribution is 2.32. The van der Waals surface area contributed by atoms with Gasteiger partial charge in [-0.3, -0.25) is 4.79 Å². The summed E-state index contributed by atoms with van der Waals surface area (Å²) in [6, 6.07) is 7.07. The second-order valence-electron chi connectivity index (χ2n) is 5.33. The Morgan fingerprint density at radius 1 is 1.23 bits per heavy atom. The first-order chi connectivity index (χ1) is 10.3. The molecule has 0 aliphatic carbocycles. The predicted octanol–water partition coefficient (Wildman–Crippen LogP) is 3.72. The average molecular weight is 305 g/mol. The van der Waals surface area contributed by atoms with E-state index < -0.39 is 30.1 Å². The van der Waals surface area contributed by atoms with Crippen molar-refractivity contribution in [2.75, 3.05) is 0 Å². The Morgan fingerprint density at radius 2 is 1.82 bits per heavy atom. The van der Waals surface area contributed by atoms with Crippen molar-refractivity contribution in [3.05, 3.63) is 58.7 Å². The van der Waals surface area contributed by atoms with E-state index in [1.165, 1.54) is 6.07 Å². The molecule has 0 amide bonds. The number of rotatable bonds is 4. The Labute approximate surface area is 127 Å². The van der Waals surface area contributed by atoms with Gasteiger partial charge in [0, 0.05) is 11.6 Å². The summed E-state index contributed by atoms with van der Waals surface area (Å²) in [6.45, 7) is 3.75. The molecule has 2 aromatic rings. The minimum absolute atomic E-state index is 0.125. The molecule has 0 aliphatic rings. The monoisotopic (exact) mass is 305 g/mol. The summed E-state index contributed by atoms with van der Waals surface area (Å²) in [5.74, 6) is -3.29. The number of aliphatic carboxylic acids is 1. The normalized spacial score (nSPS) is 12.2. The van der Waals surface area contributed by atoms with Crippen molar-refractivity contribution < 1.29 is 18.7 Å². The molecule has 0 bridgehead atoms. The maximum Gasteiger partial charge on any atom is 0.305 e. The number of carboxylic acids is 1. The van der Waals surface area contributed by atoms with Crippen LogP contribution in [0.3, 0.4) is 0 Å². The van der Waals surface area contributed by atoms with Crippen LogP contribution in [0.1, 0.15) is 29.2 Å². The van der Waals surface area contributed by atoms with E-state index in [0.29, 0.717) is 5.56 Å². The van der Waals surface area contributed by atoms with Crippen LogP contribution < -0.4 is 5.73 Å². The number of nitrogens with two attached hydrogens (primary N) is 1. The number of carbonyl (C=O) groups is 1. The average Bonchev–Trinajstić information content (AvgIpc) is 2.41. The lowest BCUT2D eigenvalue weighted by molar-refractivity contribution is -0.137. The number of aryl methyl sites for hydroxylation is 2. The second kappa shape index (κ2) is 6.23. The van der Waals surface area contributed by atoms with Gasteiger partial charge in [0.25, 0.3) is 0 Å². The van der Waals surface area contributed by atoms with Gasteiger partial charge in [-0.1, -0.05) is 18.2 Å². The fourth-order valence-corrected chi connectivity index (χ4v) is 2.59. The standard InChI is InChI=1S/C17H17F2NO2/c1-9-4-3-5-10(2)16(9)11-6-12(14(20)8-15(21)22)17(19)13(18)7-11/h3-7,14H,8,20H2,1-2H3,(H,21,22). The quantitative estimate of drug-likeness (QED) is 0.905. The fourth-order valence-electron chi connectivity index (χ4n) is 2.59. The van der Waals surface area contributed by atoms with Gasteiger partial charge in [-0.05, 0) is 48.2 Å². The van der Waals surface area contributed by atoms with Gasteiger partial charge < -0.3 is 10.8 Å². The summed E-state index contributed by atoms with van der Waals surface area (Å²) in [6.07, 6.45) is -0.466. The van der Waals surface area contributed by atoms with Crippen LogP contribution in [-0.4, -0.2) is 11.1 Å². The van der Waals surface area contributed by atoms with E-state index in [-0.39, 0.29) is 5.56 Å². The van der Waals surface area contributed by atoms with Gasteiger partial charge in [-0.15, -0.1) is 0 Å². The number of hydrogen-bond donors (Lipinski definition) is 2. The minimum Gasteiger partial charge on any atom is -0.481 e. The lowest BCUT2D eigenvalue weighted by Gasteiger charge is -2.16. The van der Waals surface area contributed by atoms with E-state index in [1.54, 1.807) is 0 Å².